The number of carbonyl (C=O) groups is 4. The molecule has 7 heteroatoms. The number of nitrogens with zero attached hydrogens (tertiary/aromatic N) is 1. The number of amides is 3. The molecule has 1 aromatic rings. The number of carbonyl (C=O) groups excluding carboxylic acids is 4. The second-order valence-electron chi connectivity index (χ2n) is 9.25. The number of hydrogen-bond donors (Lipinski definition) is 2. The van der Waals surface area contributed by atoms with Gasteiger partial charge in [-0.3, -0.25) is 9.59 Å². The topological polar surface area (TPSA) is 95.6 Å². The molecule has 2 N–H and O–H groups in total. The van der Waals surface area contributed by atoms with Gasteiger partial charge in [0.05, 0.1) is 12.1 Å². The standard InChI is InChI=1S/C23H33N3O4/c1-15(2)18(19(28)16-10-7-6-8-11-16)24-22(30)25-20(23(3,4)5)21(29)26-13-9-12-17(26)14-27/h6-8,10-11,14-15,17-18,20H,9,12-13H2,1-5H3,(H2,24,25,30). The van der Waals surface area contributed by atoms with Crippen molar-refractivity contribution in [3.8, 4) is 0 Å². The van der Waals surface area contributed by atoms with Crippen LogP contribution in [-0.4, -0.2) is 53.6 Å². The molecule has 7 nitrogen and oxygen atoms in total. The zero-order valence-electron chi connectivity index (χ0n) is 18.5. The first kappa shape index (κ1) is 23.6. The molecule has 164 valence electrons. The molecule has 0 saturated carbocycles. The average molecular weight is 416 g/mol. The van der Waals surface area contributed by atoms with Gasteiger partial charge in [-0.15, -0.1) is 0 Å². The van der Waals surface area contributed by atoms with Crippen LogP contribution in [0.4, 0.5) is 4.79 Å². The van der Waals surface area contributed by atoms with Gasteiger partial charge in [-0.2, -0.15) is 0 Å². The van der Waals surface area contributed by atoms with Crippen molar-refractivity contribution in [3.63, 3.8) is 0 Å². The van der Waals surface area contributed by atoms with Crippen molar-refractivity contribution >= 4 is 24.0 Å². The molecule has 30 heavy (non-hydrogen) atoms. The van der Waals surface area contributed by atoms with E-state index in [1.807, 2.05) is 40.7 Å². The second kappa shape index (κ2) is 9.87. The molecule has 0 aromatic heterocycles. The normalized spacial score (nSPS) is 18.6. The smallest absolute Gasteiger partial charge is 0.316 e. The van der Waals surface area contributed by atoms with Gasteiger partial charge < -0.3 is 20.3 Å². The first-order chi connectivity index (χ1) is 14.1. The Morgan fingerprint density at radius 2 is 1.73 bits per heavy atom. The van der Waals surface area contributed by atoms with Crippen LogP contribution in [0.25, 0.3) is 0 Å². The van der Waals surface area contributed by atoms with E-state index in [1.165, 1.54) is 4.90 Å². The summed E-state index contributed by atoms with van der Waals surface area (Å²) in [5, 5.41) is 5.51. The number of nitrogens with one attached hydrogen (secondary N) is 2. The number of benzene rings is 1. The molecular formula is C23H33N3O4. The summed E-state index contributed by atoms with van der Waals surface area (Å²) in [6.07, 6.45) is 2.19. The summed E-state index contributed by atoms with van der Waals surface area (Å²) in [7, 11) is 0. The number of aldehydes is 1. The highest BCUT2D eigenvalue weighted by Crippen LogP contribution is 2.25. The fraction of sp³-hybridized carbons (Fsp3) is 0.565. The van der Waals surface area contributed by atoms with Crippen molar-refractivity contribution in [2.75, 3.05) is 6.54 Å². The highest BCUT2D eigenvalue weighted by molar-refractivity contribution is 6.02. The fourth-order valence-corrected chi connectivity index (χ4v) is 3.65. The Kier molecular flexibility index (Phi) is 7.76. The van der Waals surface area contributed by atoms with Crippen LogP contribution in [-0.2, 0) is 9.59 Å². The number of urea groups is 1. The van der Waals surface area contributed by atoms with Gasteiger partial charge >= 0.3 is 6.03 Å². The van der Waals surface area contributed by atoms with Gasteiger partial charge in [0, 0.05) is 12.1 Å². The summed E-state index contributed by atoms with van der Waals surface area (Å²) < 4.78 is 0. The van der Waals surface area contributed by atoms with Crippen molar-refractivity contribution in [1.29, 1.82) is 0 Å². The number of rotatable bonds is 7. The molecule has 3 unspecified atom stereocenters. The average Bonchev–Trinajstić information content (AvgIpc) is 3.17. The first-order valence-corrected chi connectivity index (χ1v) is 10.5. The van der Waals surface area contributed by atoms with E-state index in [4.69, 9.17) is 0 Å². The lowest BCUT2D eigenvalue weighted by Gasteiger charge is -2.35. The zero-order chi connectivity index (χ0) is 22.5. The largest absolute Gasteiger partial charge is 0.331 e. The maximum Gasteiger partial charge on any atom is 0.316 e. The summed E-state index contributed by atoms with van der Waals surface area (Å²) in [6.45, 7) is 9.79. The molecule has 1 aliphatic heterocycles. The maximum atomic E-state index is 13.1. The van der Waals surface area contributed by atoms with Crippen molar-refractivity contribution in [2.45, 2.75) is 65.6 Å². The number of likely N-dealkylation sites (tertiary alicyclic amines) is 1. The van der Waals surface area contributed by atoms with Crippen LogP contribution in [0, 0.1) is 11.3 Å². The van der Waals surface area contributed by atoms with Crippen LogP contribution < -0.4 is 10.6 Å². The summed E-state index contributed by atoms with van der Waals surface area (Å²) >= 11 is 0. The minimum Gasteiger partial charge on any atom is -0.331 e. The molecule has 0 radical (unpaired) electrons. The van der Waals surface area contributed by atoms with E-state index in [0.717, 1.165) is 12.7 Å². The van der Waals surface area contributed by atoms with Crippen LogP contribution in [0.5, 0.6) is 0 Å². The minimum atomic E-state index is -0.822. The highest BCUT2D eigenvalue weighted by atomic mass is 16.2. The molecule has 0 bridgehead atoms. The number of Topliss-reactive ketones (excluding diaryl/α,β-unsaturated/α-hetero) is 1. The molecular weight excluding hydrogens is 382 g/mol. The molecule has 1 aromatic carbocycles. The molecule has 3 atom stereocenters. The summed E-state index contributed by atoms with van der Waals surface area (Å²) in [5.41, 5.74) is -0.0489. The first-order valence-electron chi connectivity index (χ1n) is 10.5. The Bertz CT molecular complexity index is 770. The van der Waals surface area contributed by atoms with Crippen molar-refractivity contribution < 1.29 is 19.2 Å². The van der Waals surface area contributed by atoms with Gasteiger partial charge in [-0.25, -0.2) is 4.79 Å². The van der Waals surface area contributed by atoms with E-state index in [9.17, 15) is 19.2 Å². The monoisotopic (exact) mass is 415 g/mol. The third-order valence-electron chi connectivity index (χ3n) is 5.42. The molecule has 1 aliphatic rings. The predicted octanol–water partition coefficient (Wildman–Crippen LogP) is 2.80. The van der Waals surface area contributed by atoms with Crippen LogP contribution in [0.15, 0.2) is 30.3 Å². The van der Waals surface area contributed by atoms with Crippen LogP contribution in [0.2, 0.25) is 0 Å². The van der Waals surface area contributed by atoms with E-state index >= 15 is 0 Å². The summed E-state index contributed by atoms with van der Waals surface area (Å²) in [5.74, 6) is -0.590. The van der Waals surface area contributed by atoms with Gasteiger partial charge in [0.2, 0.25) is 5.91 Å². The molecule has 1 fully saturated rings. The highest BCUT2D eigenvalue weighted by Gasteiger charge is 2.40. The van der Waals surface area contributed by atoms with E-state index in [2.05, 4.69) is 10.6 Å². The Balaban J connectivity index is 2.15. The molecule has 2 rings (SSSR count). The zero-order valence-corrected chi connectivity index (χ0v) is 18.5. The predicted molar refractivity (Wildman–Crippen MR) is 115 cm³/mol. The maximum absolute atomic E-state index is 13.1. The minimum absolute atomic E-state index is 0.134. The molecule has 0 spiro atoms. The van der Waals surface area contributed by atoms with Gasteiger partial charge in [0.15, 0.2) is 5.78 Å². The molecule has 0 aliphatic carbocycles. The number of hydrogen-bond acceptors (Lipinski definition) is 4. The molecule has 1 saturated heterocycles. The molecule has 3 amide bonds. The fourth-order valence-electron chi connectivity index (χ4n) is 3.65. The Hall–Kier alpha value is -2.70. The van der Waals surface area contributed by atoms with Crippen molar-refractivity contribution in [2.24, 2.45) is 11.3 Å². The lowest BCUT2D eigenvalue weighted by Crippen LogP contribution is -2.59. The lowest BCUT2D eigenvalue weighted by molar-refractivity contribution is -0.138. The SMILES string of the molecule is CC(C)C(NC(=O)NC(C(=O)N1CCCC1C=O)C(C)(C)C)C(=O)c1ccccc1. The Morgan fingerprint density at radius 3 is 2.27 bits per heavy atom. The van der Waals surface area contributed by atoms with Gasteiger partial charge in [-0.1, -0.05) is 65.0 Å². The Labute approximate surface area is 178 Å². The number of ketones is 1. The van der Waals surface area contributed by atoms with E-state index in [-0.39, 0.29) is 17.6 Å². The van der Waals surface area contributed by atoms with Crippen LogP contribution >= 0.6 is 0 Å². The van der Waals surface area contributed by atoms with Crippen LogP contribution in [0.1, 0.15) is 57.8 Å². The third-order valence-corrected chi connectivity index (χ3v) is 5.42. The van der Waals surface area contributed by atoms with E-state index < -0.39 is 29.6 Å². The summed E-state index contributed by atoms with van der Waals surface area (Å²) in [6, 6.07) is 6.24. The van der Waals surface area contributed by atoms with Gasteiger partial charge in [0.1, 0.15) is 12.3 Å². The van der Waals surface area contributed by atoms with E-state index in [0.29, 0.717) is 18.5 Å². The van der Waals surface area contributed by atoms with Crippen molar-refractivity contribution in [1.82, 2.24) is 15.5 Å². The van der Waals surface area contributed by atoms with Crippen LogP contribution in [0.3, 0.4) is 0 Å². The lowest BCUT2D eigenvalue weighted by atomic mass is 9.85. The van der Waals surface area contributed by atoms with Gasteiger partial charge in [-0.05, 0) is 24.2 Å². The van der Waals surface area contributed by atoms with Crippen molar-refractivity contribution in [3.05, 3.63) is 35.9 Å². The third kappa shape index (κ3) is 5.68. The van der Waals surface area contributed by atoms with E-state index in [1.54, 1.807) is 24.3 Å². The summed E-state index contributed by atoms with van der Waals surface area (Å²) in [4.78, 5) is 51.7. The van der Waals surface area contributed by atoms with Gasteiger partial charge in [0.25, 0.3) is 0 Å². The Morgan fingerprint density at radius 1 is 1.10 bits per heavy atom. The molecule has 1 heterocycles. The second-order valence-corrected chi connectivity index (χ2v) is 9.25. The quantitative estimate of drug-likeness (QED) is 0.529.